The van der Waals surface area contributed by atoms with Gasteiger partial charge in [0.15, 0.2) is 11.0 Å². The molecule has 0 spiro atoms. The van der Waals surface area contributed by atoms with Gasteiger partial charge in [-0.05, 0) is 37.1 Å². The number of ether oxygens (including phenoxy) is 2. The molecule has 1 heterocycles. The van der Waals surface area contributed by atoms with E-state index < -0.39 is 5.25 Å². The van der Waals surface area contributed by atoms with Gasteiger partial charge < -0.3 is 14.0 Å². The number of hydrogen-bond donors (Lipinski definition) is 0. The van der Waals surface area contributed by atoms with E-state index >= 15 is 0 Å². The monoisotopic (exact) mass is 397 g/mol. The lowest BCUT2D eigenvalue weighted by Crippen LogP contribution is -2.13. The number of hydrogen-bond acceptors (Lipinski definition) is 6. The predicted octanol–water partition coefficient (Wildman–Crippen LogP) is 4.29. The fourth-order valence-electron chi connectivity index (χ4n) is 3.02. The molecule has 0 N–H and O–H groups in total. The third-order valence-corrected chi connectivity index (χ3v) is 5.69. The standard InChI is InChI=1S/C21H23N3O3S/c1-5-24-19(16-12-8-9-13-17(16)26-3)22-23-21(24)28-18(20(25)27-4)15-11-7-6-10-14(15)2/h6-13,18H,5H2,1-4H3/t18-/m0/s1. The Hall–Kier alpha value is -2.80. The lowest BCUT2D eigenvalue weighted by molar-refractivity contribution is -0.140. The average Bonchev–Trinajstić information content (AvgIpc) is 3.14. The fourth-order valence-corrected chi connectivity index (χ4v) is 4.25. The van der Waals surface area contributed by atoms with Gasteiger partial charge in [-0.15, -0.1) is 10.2 Å². The van der Waals surface area contributed by atoms with Crippen LogP contribution in [0.2, 0.25) is 0 Å². The van der Waals surface area contributed by atoms with Crippen LogP contribution in [0.15, 0.2) is 53.7 Å². The molecule has 1 atom stereocenters. The SMILES string of the molecule is CCn1c(S[C@H](C(=O)OC)c2ccccc2C)nnc1-c1ccccc1OC. The number of aromatic nitrogens is 3. The van der Waals surface area contributed by atoms with E-state index in [4.69, 9.17) is 9.47 Å². The van der Waals surface area contributed by atoms with Crippen LogP contribution in [0.25, 0.3) is 11.4 Å². The van der Waals surface area contributed by atoms with Crippen molar-refractivity contribution in [2.75, 3.05) is 14.2 Å². The second kappa shape index (κ2) is 8.93. The highest BCUT2D eigenvalue weighted by Gasteiger charge is 2.28. The van der Waals surface area contributed by atoms with Gasteiger partial charge >= 0.3 is 5.97 Å². The minimum absolute atomic E-state index is 0.316. The van der Waals surface area contributed by atoms with Gasteiger partial charge in [0.1, 0.15) is 11.0 Å². The van der Waals surface area contributed by atoms with Crippen molar-refractivity contribution in [3.63, 3.8) is 0 Å². The Bertz CT molecular complexity index is 971. The van der Waals surface area contributed by atoms with E-state index in [9.17, 15) is 4.79 Å². The summed E-state index contributed by atoms with van der Waals surface area (Å²) in [6.45, 7) is 4.66. The molecule has 0 bridgehead atoms. The van der Waals surface area contributed by atoms with Crippen LogP contribution < -0.4 is 4.74 Å². The van der Waals surface area contributed by atoms with Crippen LogP contribution in [0.4, 0.5) is 0 Å². The van der Waals surface area contributed by atoms with Crippen molar-refractivity contribution in [3.8, 4) is 17.1 Å². The number of carbonyl (C=O) groups excluding carboxylic acids is 1. The molecular weight excluding hydrogens is 374 g/mol. The summed E-state index contributed by atoms with van der Waals surface area (Å²) >= 11 is 1.34. The third-order valence-electron chi connectivity index (χ3n) is 4.49. The van der Waals surface area contributed by atoms with Crippen molar-refractivity contribution < 1.29 is 14.3 Å². The third kappa shape index (κ3) is 3.89. The summed E-state index contributed by atoms with van der Waals surface area (Å²) in [5.41, 5.74) is 2.79. The first-order valence-electron chi connectivity index (χ1n) is 8.97. The molecule has 146 valence electrons. The van der Waals surface area contributed by atoms with Crippen LogP contribution in [0, 0.1) is 6.92 Å². The zero-order valence-electron chi connectivity index (χ0n) is 16.4. The molecular formula is C21H23N3O3S. The maximum absolute atomic E-state index is 12.5. The van der Waals surface area contributed by atoms with Crippen molar-refractivity contribution in [1.29, 1.82) is 0 Å². The first kappa shape index (κ1) is 19.9. The summed E-state index contributed by atoms with van der Waals surface area (Å²) in [7, 11) is 3.03. The van der Waals surface area contributed by atoms with Crippen molar-refractivity contribution >= 4 is 17.7 Å². The lowest BCUT2D eigenvalue weighted by Gasteiger charge is -2.17. The first-order valence-corrected chi connectivity index (χ1v) is 9.85. The van der Waals surface area contributed by atoms with Crippen LogP contribution in [-0.2, 0) is 16.1 Å². The summed E-state index contributed by atoms with van der Waals surface area (Å²) in [6.07, 6.45) is 0. The van der Waals surface area contributed by atoms with Crippen LogP contribution in [0.1, 0.15) is 23.3 Å². The molecule has 0 saturated carbocycles. The molecule has 3 rings (SSSR count). The highest BCUT2D eigenvalue weighted by atomic mass is 32.2. The second-order valence-corrected chi connectivity index (χ2v) is 7.20. The number of carbonyl (C=O) groups is 1. The molecule has 2 aromatic carbocycles. The Labute approximate surface area is 168 Å². The van der Waals surface area contributed by atoms with E-state index in [0.29, 0.717) is 17.5 Å². The highest BCUT2D eigenvalue weighted by Crippen LogP contribution is 2.39. The van der Waals surface area contributed by atoms with Crippen LogP contribution >= 0.6 is 11.8 Å². The summed E-state index contributed by atoms with van der Waals surface area (Å²) in [4.78, 5) is 12.5. The van der Waals surface area contributed by atoms with Gasteiger partial charge in [-0.3, -0.25) is 4.79 Å². The molecule has 0 amide bonds. The van der Waals surface area contributed by atoms with E-state index in [-0.39, 0.29) is 5.97 Å². The average molecular weight is 398 g/mol. The molecule has 6 nitrogen and oxygen atoms in total. The summed E-state index contributed by atoms with van der Waals surface area (Å²) in [6, 6.07) is 15.5. The van der Waals surface area contributed by atoms with Crippen LogP contribution in [-0.4, -0.2) is 35.0 Å². The maximum atomic E-state index is 12.5. The molecule has 0 radical (unpaired) electrons. The Morgan fingerprint density at radius 1 is 1.11 bits per heavy atom. The fraction of sp³-hybridized carbons (Fsp3) is 0.286. The minimum atomic E-state index is -0.522. The van der Waals surface area contributed by atoms with Gasteiger partial charge in [0.25, 0.3) is 0 Å². The van der Waals surface area contributed by atoms with E-state index in [1.165, 1.54) is 18.9 Å². The van der Waals surface area contributed by atoms with Crippen molar-refractivity contribution in [2.45, 2.75) is 30.8 Å². The summed E-state index contributed by atoms with van der Waals surface area (Å²) in [5.74, 6) is 1.12. The normalized spacial score (nSPS) is 11.9. The number of nitrogens with zero attached hydrogens (tertiary/aromatic N) is 3. The van der Waals surface area contributed by atoms with Gasteiger partial charge in [-0.2, -0.15) is 0 Å². The van der Waals surface area contributed by atoms with Gasteiger partial charge in [0, 0.05) is 6.54 Å². The largest absolute Gasteiger partial charge is 0.496 e. The number of aryl methyl sites for hydroxylation is 1. The van der Waals surface area contributed by atoms with Crippen molar-refractivity contribution in [1.82, 2.24) is 14.8 Å². The molecule has 0 fully saturated rings. The van der Waals surface area contributed by atoms with Gasteiger partial charge in [-0.1, -0.05) is 48.2 Å². The Kier molecular flexibility index (Phi) is 6.36. The topological polar surface area (TPSA) is 66.2 Å². The number of methoxy groups -OCH3 is 2. The molecule has 3 aromatic rings. The molecule has 0 aliphatic heterocycles. The predicted molar refractivity (Wildman–Crippen MR) is 109 cm³/mol. The Morgan fingerprint density at radius 3 is 2.50 bits per heavy atom. The minimum Gasteiger partial charge on any atom is -0.496 e. The van der Waals surface area contributed by atoms with Crippen molar-refractivity contribution in [2.24, 2.45) is 0 Å². The second-order valence-electron chi connectivity index (χ2n) is 6.13. The van der Waals surface area contributed by atoms with Crippen LogP contribution in [0.5, 0.6) is 5.75 Å². The summed E-state index contributed by atoms with van der Waals surface area (Å²) < 4.78 is 12.5. The molecule has 1 aromatic heterocycles. The molecule has 7 heteroatoms. The number of benzene rings is 2. The zero-order chi connectivity index (χ0) is 20.1. The van der Waals surface area contributed by atoms with E-state index in [0.717, 1.165) is 22.4 Å². The van der Waals surface area contributed by atoms with E-state index in [2.05, 4.69) is 10.2 Å². The van der Waals surface area contributed by atoms with Gasteiger partial charge in [0.2, 0.25) is 0 Å². The smallest absolute Gasteiger partial charge is 0.323 e. The number of para-hydroxylation sites is 1. The summed E-state index contributed by atoms with van der Waals surface area (Å²) in [5, 5.41) is 8.88. The van der Waals surface area contributed by atoms with E-state index in [1.54, 1.807) is 7.11 Å². The molecule has 0 aliphatic rings. The number of rotatable bonds is 7. The Balaban J connectivity index is 2.02. The molecule has 0 aliphatic carbocycles. The Morgan fingerprint density at radius 2 is 1.82 bits per heavy atom. The van der Waals surface area contributed by atoms with Crippen LogP contribution in [0.3, 0.4) is 0 Å². The van der Waals surface area contributed by atoms with Crippen molar-refractivity contribution in [3.05, 3.63) is 59.7 Å². The highest BCUT2D eigenvalue weighted by molar-refractivity contribution is 8.00. The van der Waals surface area contributed by atoms with Gasteiger partial charge in [-0.25, -0.2) is 0 Å². The lowest BCUT2D eigenvalue weighted by atomic mass is 10.1. The quantitative estimate of drug-likeness (QED) is 0.438. The molecule has 0 saturated heterocycles. The zero-order valence-corrected chi connectivity index (χ0v) is 17.2. The van der Waals surface area contributed by atoms with Gasteiger partial charge in [0.05, 0.1) is 19.8 Å². The van der Waals surface area contributed by atoms with E-state index in [1.807, 2.05) is 66.9 Å². The number of esters is 1. The molecule has 28 heavy (non-hydrogen) atoms. The maximum Gasteiger partial charge on any atom is 0.323 e. The molecule has 0 unspecified atom stereocenters. The first-order chi connectivity index (χ1) is 13.6. The number of thioether (sulfide) groups is 1.